The number of hydrogen-bond acceptors (Lipinski definition) is 6. The topological polar surface area (TPSA) is 73.9 Å². The minimum Gasteiger partial charge on any atom is -0.482 e. The van der Waals surface area contributed by atoms with Gasteiger partial charge in [-0.3, -0.25) is 4.79 Å². The Morgan fingerprint density at radius 3 is 2.50 bits per heavy atom. The average molecular weight is 374 g/mol. The van der Waals surface area contributed by atoms with Crippen molar-refractivity contribution >= 4 is 27.9 Å². The predicted molar refractivity (Wildman–Crippen MR) is 84.6 cm³/mol. The van der Waals surface area contributed by atoms with E-state index in [2.05, 4.69) is 21.2 Å². The van der Waals surface area contributed by atoms with Gasteiger partial charge in [0.05, 0.1) is 19.8 Å². The highest BCUT2D eigenvalue weighted by Gasteiger charge is 2.09. The van der Waals surface area contributed by atoms with Gasteiger partial charge >= 0.3 is 11.9 Å². The summed E-state index contributed by atoms with van der Waals surface area (Å²) in [5.41, 5.74) is 0.822. The van der Waals surface area contributed by atoms with Crippen LogP contribution < -0.4 is 10.1 Å². The van der Waals surface area contributed by atoms with E-state index in [1.54, 1.807) is 19.9 Å². The summed E-state index contributed by atoms with van der Waals surface area (Å²) in [6, 6.07) is 5.43. The third-order valence-electron chi connectivity index (χ3n) is 2.56. The number of rotatable bonds is 9. The highest BCUT2D eigenvalue weighted by atomic mass is 79.9. The van der Waals surface area contributed by atoms with Crippen LogP contribution in [0.5, 0.6) is 5.75 Å². The minimum atomic E-state index is -0.421. The predicted octanol–water partition coefficient (Wildman–Crippen LogP) is 2.04. The number of esters is 2. The van der Waals surface area contributed by atoms with Gasteiger partial charge in [0.1, 0.15) is 5.75 Å². The third-order valence-corrected chi connectivity index (χ3v) is 3.06. The number of carbonyl (C=O) groups is 2. The first kappa shape index (κ1) is 18.4. The molecule has 0 saturated heterocycles. The summed E-state index contributed by atoms with van der Waals surface area (Å²) >= 11 is 3.38. The van der Waals surface area contributed by atoms with Crippen molar-refractivity contribution in [2.75, 3.05) is 26.4 Å². The molecule has 0 fully saturated rings. The van der Waals surface area contributed by atoms with Crippen molar-refractivity contribution < 1.29 is 23.8 Å². The number of nitrogens with one attached hydrogen (secondary N) is 1. The molecule has 6 nitrogen and oxygen atoms in total. The summed E-state index contributed by atoms with van der Waals surface area (Å²) in [6.45, 7) is 4.53. The van der Waals surface area contributed by atoms with Gasteiger partial charge < -0.3 is 19.5 Å². The van der Waals surface area contributed by atoms with Gasteiger partial charge in [-0.2, -0.15) is 0 Å². The molecule has 0 aromatic heterocycles. The van der Waals surface area contributed by atoms with Crippen LogP contribution in [0.3, 0.4) is 0 Å². The molecule has 1 aromatic rings. The Hall–Kier alpha value is -1.60. The van der Waals surface area contributed by atoms with Crippen molar-refractivity contribution in [1.82, 2.24) is 5.32 Å². The summed E-state index contributed by atoms with van der Waals surface area (Å²) in [6.07, 6.45) is 0. The van der Waals surface area contributed by atoms with E-state index in [1.165, 1.54) is 0 Å². The standard InChI is InChI=1S/C15H20BrNO5/c1-3-20-14(18)9-17-8-11-7-12(16)5-6-13(11)22-10-15(19)21-4-2/h5-7,17H,3-4,8-10H2,1-2H3. The van der Waals surface area contributed by atoms with Gasteiger partial charge in [0.15, 0.2) is 6.61 Å². The van der Waals surface area contributed by atoms with Crippen LogP contribution in [0.4, 0.5) is 0 Å². The lowest BCUT2D eigenvalue weighted by Crippen LogP contribution is -2.24. The minimum absolute atomic E-state index is 0.109. The molecule has 0 aliphatic heterocycles. The normalized spacial score (nSPS) is 10.1. The van der Waals surface area contributed by atoms with Crippen LogP contribution in [-0.2, 0) is 25.6 Å². The molecule has 0 radical (unpaired) electrons. The molecule has 0 bridgehead atoms. The molecule has 22 heavy (non-hydrogen) atoms. The Bertz CT molecular complexity index is 507. The Morgan fingerprint density at radius 1 is 1.14 bits per heavy atom. The molecule has 1 N–H and O–H groups in total. The van der Waals surface area contributed by atoms with Gasteiger partial charge in [-0.1, -0.05) is 15.9 Å². The molecule has 0 heterocycles. The van der Waals surface area contributed by atoms with Crippen LogP contribution in [0.1, 0.15) is 19.4 Å². The molecule has 0 atom stereocenters. The lowest BCUT2D eigenvalue weighted by atomic mass is 10.2. The zero-order chi connectivity index (χ0) is 16.4. The van der Waals surface area contributed by atoms with E-state index >= 15 is 0 Å². The maximum absolute atomic E-state index is 11.3. The summed E-state index contributed by atoms with van der Waals surface area (Å²) in [5, 5.41) is 2.98. The van der Waals surface area contributed by atoms with Crippen molar-refractivity contribution in [3.8, 4) is 5.75 Å². The zero-order valence-corrected chi connectivity index (χ0v) is 14.3. The van der Waals surface area contributed by atoms with E-state index in [1.807, 2.05) is 12.1 Å². The van der Waals surface area contributed by atoms with Crippen molar-refractivity contribution in [2.24, 2.45) is 0 Å². The first-order chi connectivity index (χ1) is 10.6. The monoisotopic (exact) mass is 373 g/mol. The highest BCUT2D eigenvalue weighted by Crippen LogP contribution is 2.23. The molecule has 1 rings (SSSR count). The molecule has 0 saturated carbocycles. The first-order valence-electron chi connectivity index (χ1n) is 7.00. The Balaban J connectivity index is 2.58. The lowest BCUT2D eigenvalue weighted by Gasteiger charge is -2.12. The summed E-state index contributed by atoms with van der Waals surface area (Å²) in [7, 11) is 0. The lowest BCUT2D eigenvalue weighted by molar-refractivity contribution is -0.145. The molecule has 0 aliphatic carbocycles. The fourth-order valence-corrected chi connectivity index (χ4v) is 2.09. The molecule has 0 amide bonds. The van der Waals surface area contributed by atoms with Gasteiger partial charge in [-0.25, -0.2) is 4.79 Å². The number of halogens is 1. The van der Waals surface area contributed by atoms with Crippen LogP contribution in [-0.4, -0.2) is 38.3 Å². The molecule has 7 heteroatoms. The van der Waals surface area contributed by atoms with Crippen molar-refractivity contribution in [3.63, 3.8) is 0 Å². The Kier molecular flexibility index (Phi) is 8.54. The maximum atomic E-state index is 11.3. The van der Waals surface area contributed by atoms with Gasteiger partial charge in [0.2, 0.25) is 0 Å². The first-order valence-corrected chi connectivity index (χ1v) is 7.79. The molecule has 0 spiro atoms. The van der Waals surface area contributed by atoms with Gasteiger partial charge in [0, 0.05) is 16.6 Å². The number of hydrogen-bond donors (Lipinski definition) is 1. The summed E-state index contributed by atoms with van der Waals surface area (Å²) in [4.78, 5) is 22.6. The van der Waals surface area contributed by atoms with E-state index in [0.717, 1.165) is 10.0 Å². The van der Waals surface area contributed by atoms with E-state index in [4.69, 9.17) is 14.2 Å². The van der Waals surface area contributed by atoms with E-state index in [9.17, 15) is 9.59 Å². The smallest absolute Gasteiger partial charge is 0.344 e. The van der Waals surface area contributed by atoms with Gasteiger partial charge in [-0.05, 0) is 32.0 Å². The van der Waals surface area contributed by atoms with Crippen LogP contribution in [0.2, 0.25) is 0 Å². The summed E-state index contributed by atoms with van der Waals surface area (Å²) in [5.74, 6) is -0.171. The molecule has 0 unspecified atom stereocenters. The molecular weight excluding hydrogens is 354 g/mol. The molecule has 1 aromatic carbocycles. The van der Waals surface area contributed by atoms with Gasteiger partial charge in [0.25, 0.3) is 0 Å². The molecule has 0 aliphatic rings. The second-order valence-corrected chi connectivity index (χ2v) is 5.17. The van der Waals surface area contributed by atoms with Crippen LogP contribution in [0.15, 0.2) is 22.7 Å². The molecular formula is C15H20BrNO5. The number of ether oxygens (including phenoxy) is 3. The zero-order valence-electron chi connectivity index (χ0n) is 12.7. The van der Waals surface area contributed by atoms with E-state index in [0.29, 0.717) is 25.5 Å². The second kappa shape index (κ2) is 10.2. The van der Waals surface area contributed by atoms with Crippen molar-refractivity contribution in [1.29, 1.82) is 0 Å². The van der Waals surface area contributed by atoms with Gasteiger partial charge in [-0.15, -0.1) is 0 Å². The fourth-order valence-electron chi connectivity index (χ4n) is 1.68. The number of carbonyl (C=O) groups excluding carboxylic acids is 2. The second-order valence-electron chi connectivity index (χ2n) is 4.25. The highest BCUT2D eigenvalue weighted by molar-refractivity contribution is 9.10. The number of benzene rings is 1. The SMILES string of the molecule is CCOC(=O)CNCc1cc(Br)ccc1OCC(=O)OCC. The van der Waals surface area contributed by atoms with Crippen LogP contribution in [0.25, 0.3) is 0 Å². The van der Waals surface area contributed by atoms with Crippen LogP contribution >= 0.6 is 15.9 Å². The maximum Gasteiger partial charge on any atom is 0.344 e. The Labute approximate surface area is 138 Å². The Morgan fingerprint density at radius 2 is 1.82 bits per heavy atom. The average Bonchev–Trinajstić information content (AvgIpc) is 2.47. The largest absolute Gasteiger partial charge is 0.482 e. The third kappa shape index (κ3) is 6.91. The van der Waals surface area contributed by atoms with E-state index < -0.39 is 5.97 Å². The summed E-state index contributed by atoms with van der Waals surface area (Å²) < 4.78 is 16.0. The van der Waals surface area contributed by atoms with E-state index in [-0.39, 0.29) is 19.1 Å². The van der Waals surface area contributed by atoms with Crippen molar-refractivity contribution in [2.45, 2.75) is 20.4 Å². The van der Waals surface area contributed by atoms with Crippen molar-refractivity contribution in [3.05, 3.63) is 28.2 Å². The van der Waals surface area contributed by atoms with Crippen LogP contribution in [0, 0.1) is 0 Å². The quantitative estimate of drug-likeness (QED) is 0.667. The fraction of sp³-hybridized carbons (Fsp3) is 0.467. The molecule has 122 valence electrons.